The van der Waals surface area contributed by atoms with Crippen LogP contribution in [0.2, 0.25) is 0 Å². The van der Waals surface area contributed by atoms with Gasteiger partial charge in [0.15, 0.2) is 0 Å². The molecule has 0 spiro atoms. The lowest BCUT2D eigenvalue weighted by Gasteiger charge is -2.09. The fourth-order valence-electron chi connectivity index (χ4n) is 2.66. The number of carbonyl (C=O) groups is 1. The molecule has 110 valence electrons. The summed E-state index contributed by atoms with van der Waals surface area (Å²) in [6, 6.07) is 7.54. The summed E-state index contributed by atoms with van der Waals surface area (Å²) in [5.41, 5.74) is 6.69. The normalized spacial score (nSPS) is 19.4. The Labute approximate surface area is 120 Å². The maximum absolute atomic E-state index is 11.9. The van der Waals surface area contributed by atoms with E-state index >= 15 is 0 Å². The summed E-state index contributed by atoms with van der Waals surface area (Å²) >= 11 is 0. The van der Waals surface area contributed by atoms with Gasteiger partial charge in [-0.1, -0.05) is 39.8 Å². The minimum Gasteiger partial charge on any atom is -0.491 e. The van der Waals surface area contributed by atoms with Crippen LogP contribution in [-0.4, -0.2) is 18.6 Å². The molecule has 4 heteroatoms. The standard InChI is InChI=1S/C16H24N2O2/c1-15(2)14(16(15,3)4)18-13(19)9-10-20-12-8-6-5-7-11(12)17/h5-8,14H,9-10,17H2,1-4H3,(H,18,19). The summed E-state index contributed by atoms with van der Waals surface area (Å²) in [6.45, 7) is 9.06. The van der Waals surface area contributed by atoms with E-state index in [1.165, 1.54) is 0 Å². The predicted octanol–water partition coefficient (Wildman–Crippen LogP) is 2.59. The monoisotopic (exact) mass is 276 g/mol. The first kappa shape index (κ1) is 14.7. The highest BCUT2D eigenvalue weighted by Gasteiger charge is 2.65. The van der Waals surface area contributed by atoms with E-state index in [1.807, 2.05) is 12.1 Å². The molecule has 3 N–H and O–H groups in total. The van der Waals surface area contributed by atoms with Gasteiger partial charge in [0.2, 0.25) is 5.91 Å². The number of nitrogen functional groups attached to an aromatic ring is 1. The number of hydrogen-bond acceptors (Lipinski definition) is 3. The highest BCUT2D eigenvalue weighted by Crippen LogP contribution is 2.62. The van der Waals surface area contributed by atoms with Crippen molar-refractivity contribution in [3.8, 4) is 5.75 Å². The number of rotatable bonds is 5. The summed E-state index contributed by atoms with van der Waals surface area (Å²) in [7, 11) is 0. The van der Waals surface area contributed by atoms with Crippen LogP contribution in [0.1, 0.15) is 34.1 Å². The van der Waals surface area contributed by atoms with Gasteiger partial charge in [0.1, 0.15) is 5.75 Å². The van der Waals surface area contributed by atoms with Crippen molar-refractivity contribution in [3.05, 3.63) is 24.3 Å². The molecular formula is C16H24N2O2. The molecular weight excluding hydrogens is 252 g/mol. The SMILES string of the molecule is CC1(C)C(NC(=O)CCOc2ccccc2N)C1(C)C. The third kappa shape index (κ3) is 2.60. The van der Waals surface area contributed by atoms with E-state index in [0.29, 0.717) is 24.5 Å². The molecule has 4 nitrogen and oxygen atoms in total. The van der Waals surface area contributed by atoms with E-state index in [-0.39, 0.29) is 22.8 Å². The molecule has 1 aromatic rings. The van der Waals surface area contributed by atoms with Crippen molar-refractivity contribution in [2.24, 2.45) is 10.8 Å². The zero-order valence-corrected chi connectivity index (χ0v) is 12.7. The molecule has 0 heterocycles. The number of anilines is 1. The molecule has 0 bridgehead atoms. The molecule has 2 rings (SSSR count). The Balaban J connectivity index is 1.76. The zero-order valence-electron chi connectivity index (χ0n) is 12.7. The Morgan fingerprint density at radius 2 is 1.85 bits per heavy atom. The second kappa shape index (κ2) is 5.00. The van der Waals surface area contributed by atoms with Gasteiger partial charge in [-0.3, -0.25) is 4.79 Å². The lowest BCUT2D eigenvalue weighted by atomic mass is 10.0. The van der Waals surface area contributed by atoms with Crippen LogP contribution in [-0.2, 0) is 4.79 Å². The molecule has 0 aliphatic heterocycles. The van der Waals surface area contributed by atoms with E-state index in [9.17, 15) is 4.79 Å². The molecule has 1 aliphatic rings. The van der Waals surface area contributed by atoms with Crippen molar-refractivity contribution in [2.45, 2.75) is 40.2 Å². The average molecular weight is 276 g/mol. The molecule has 0 saturated heterocycles. The van der Waals surface area contributed by atoms with Crippen LogP contribution in [0.25, 0.3) is 0 Å². The first-order valence-corrected chi connectivity index (χ1v) is 7.03. The Kier molecular flexibility index (Phi) is 3.67. The molecule has 0 aromatic heterocycles. The first-order valence-electron chi connectivity index (χ1n) is 7.03. The highest BCUT2D eigenvalue weighted by atomic mass is 16.5. The lowest BCUT2D eigenvalue weighted by molar-refractivity contribution is -0.122. The van der Waals surface area contributed by atoms with Gasteiger partial charge in [0.05, 0.1) is 18.7 Å². The molecule has 20 heavy (non-hydrogen) atoms. The summed E-state index contributed by atoms with van der Waals surface area (Å²) in [4.78, 5) is 11.9. The maximum Gasteiger partial charge on any atom is 0.223 e. The molecule has 1 aromatic carbocycles. The first-order chi connectivity index (χ1) is 9.26. The van der Waals surface area contributed by atoms with Crippen molar-refractivity contribution in [2.75, 3.05) is 12.3 Å². The van der Waals surface area contributed by atoms with Gasteiger partial charge in [0.25, 0.3) is 0 Å². The van der Waals surface area contributed by atoms with Crippen LogP contribution in [0.5, 0.6) is 5.75 Å². The zero-order chi connectivity index (χ0) is 15.0. The number of ether oxygens (including phenoxy) is 1. The Morgan fingerprint density at radius 3 is 2.40 bits per heavy atom. The number of hydrogen-bond donors (Lipinski definition) is 2. The van der Waals surface area contributed by atoms with Crippen LogP contribution >= 0.6 is 0 Å². The number of para-hydroxylation sites is 2. The summed E-state index contributed by atoms with van der Waals surface area (Å²) in [6.07, 6.45) is 0.344. The van der Waals surface area contributed by atoms with Gasteiger partial charge in [-0.25, -0.2) is 0 Å². The molecule has 1 amide bonds. The predicted molar refractivity (Wildman–Crippen MR) is 80.5 cm³/mol. The van der Waals surface area contributed by atoms with E-state index < -0.39 is 0 Å². The summed E-state index contributed by atoms with van der Waals surface area (Å²) in [5, 5.41) is 3.09. The van der Waals surface area contributed by atoms with Crippen LogP contribution < -0.4 is 15.8 Å². The van der Waals surface area contributed by atoms with E-state index in [4.69, 9.17) is 10.5 Å². The van der Waals surface area contributed by atoms with Crippen molar-refractivity contribution in [1.29, 1.82) is 0 Å². The van der Waals surface area contributed by atoms with Crippen molar-refractivity contribution < 1.29 is 9.53 Å². The van der Waals surface area contributed by atoms with Crippen molar-refractivity contribution >= 4 is 11.6 Å². The quantitative estimate of drug-likeness (QED) is 0.812. The number of nitrogens with one attached hydrogen (secondary N) is 1. The van der Waals surface area contributed by atoms with E-state index in [1.54, 1.807) is 12.1 Å². The molecule has 0 unspecified atom stereocenters. The minimum atomic E-state index is 0.0307. The van der Waals surface area contributed by atoms with Gasteiger partial charge in [-0.2, -0.15) is 0 Å². The van der Waals surface area contributed by atoms with Crippen molar-refractivity contribution in [1.82, 2.24) is 5.32 Å². The minimum absolute atomic E-state index is 0.0307. The average Bonchev–Trinajstić information content (AvgIpc) is 2.74. The number of benzene rings is 1. The fourth-order valence-corrected chi connectivity index (χ4v) is 2.66. The third-order valence-electron chi connectivity index (χ3n) is 4.83. The summed E-state index contributed by atoms with van der Waals surface area (Å²) in [5.74, 6) is 0.663. The molecule has 1 fully saturated rings. The number of carbonyl (C=O) groups excluding carboxylic acids is 1. The highest BCUT2D eigenvalue weighted by molar-refractivity contribution is 5.77. The van der Waals surface area contributed by atoms with Gasteiger partial charge in [-0.15, -0.1) is 0 Å². The number of amides is 1. The largest absolute Gasteiger partial charge is 0.491 e. The van der Waals surface area contributed by atoms with Gasteiger partial charge < -0.3 is 15.8 Å². The molecule has 1 aliphatic carbocycles. The van der Waals surface area contributed by atoms with Crippen LogP contribution in [0, 0.1) is 10.8 Å². The number of nitrogens with two attached hydrogens (primary N) is 1. The Bertz CT molecular complexity index is 495. The van der Waals surface area contributed by atoms with E-state index in [0.717, 1.165) is 0 Å². The van der Waals surface area contributed by atoms with Gasteiger partial charge >= 0.3 is 0 Å². The van der Waals surface area contributed by atoms with Crippen LogP contribution in [0.3, 0.4) is 0 Å². The van der Waals surface area contributed by atoms with E-state index in [2.05, 4.69) is 33.0 Å². The molecule has 0 radical (unpaired) electrons. The van der Waals surface area contributed by atoms with Crippen LogP contribution in [0.4, 0.5) is 5.69 Å². The summed E-state index contributed by atoms with van der Waals surface area (Å²) < 4.78 is 5.53. The smallest absolute Gasteiger partial charge is 0.223 e. The third-order valence-corrected chi connectivity index (χ3v) is 4.83. The van der Waals surface area contributed by atoms with Gasteiger partial charge in [0, 0.05) is 6.04 Å². The second-order valence-electron chi connectivity index (χ2n) is 6.58. The topological polar surface area (TPSA) is 64.3 Å². The molecule has 0 atom stereocenters. The Hall–Kier alpha value is -1.71. The maximum atomic E-state index is 11.9. The van der Waals surface area contributed by atoms with Gasteiger partial charge in [-0.05, 0) is 23.0 Å². The lowest BCUT2D eigenvalue weighted by Crippen LogP contribution is -2.30. The van der Waals surface area contributed by atoms with Crippen LogP contribution in [0.15, 0.2) is 24.3 Å². The fraction of sp³-hybridized carbons (Fsp3) is 0.562. The van der Waals surface area contributed by atoms with Crippen molar-refractivity contribution in [3.63, 3.8) is 0 Å². The second-order valence-corrected chi connectivity index (χ2v) is 6.58. The molecule has 1 saturated carbocycles. The Morgan fingerprint density at radius 1 is 1.25 bits per heavy atom.